The molecular formula is C12H16N3+. The van der Waals surface area contributed by atoms with Gasteiger partial charge in [0, 0.05) is 24.0 Å². The molecule has 0 saturated carbocycles. The third-order valence-corrected chi connectivity index (χ3v) is 2.99. The first-order valence-corrected chi connectivity index (χ1v) is 5.36. The molecule has 0 spiro atoms. The van der Waals surface area contributed by atoms with E-state index in [1.54, 1.807) is 0 Å². The fraction of sp³-hybridized carbons (Fsp3) is 0.333. The third kappa shape index (κ3) is 1.59. The van der Waals surface area contributed by atoms with Gasteiger partial charge in [-0.2, -0.15) is 4.59 Å². The minimum absolute atomic E-state index is 0.698. The lowest BCUT2D eigenvalue weighted by Gasteiger charge is -2.28. The van der Waals surface area contributed by atoms with Crippen LogP contribution in [0.15, 0.2) is 35.7 Å². The van der Waals surface area contributed by atoms with Crippen molar-refractivity contribution in [3.63, 3.8) is 0 Å². The largest absolute Gasteiger partial charge is 0.265 e. The lowest BCUT2D eigenvalue weighted by atomic mass is 10.1. The Morgan fingerprint density at radius 2 is 1.80 bits per heavy atom. The Labute approximate surface area is 90.3 Å². The molecule has 0 amide bonds. The highest BCUT2D eigenvalue weighted by molar-refractivity contribution is 5.84. The van der Waals surface area contributed by atoms with E-state index in [0.717, 1.165) is 13.1 Å². The Hall–Kier alpha value is -1.48. The summed E-state index contributed by atoms with van der Waals surface area (Å²) in [4.78, 5) is 4.04. The van der Waals surface area contributed by atoms with Gasteiger partial charge < -0.3 is 0 Å². The van der Waals surface area contributed by atoms with Gasteiger partial charge in [-0.1, -0.05) is 5.10 Å². The standard InChI is InChI=1S/C12H16N3/c1-3-15(4-2)12(7-10-14-15)11-5-8-13-9-6-11/h5-10H,3-4H2,1-2H3/q+1. The second kappa shape index (κ2) is 3.95. The zero-order valence-corrected chi connectivity index (χ0v) is 9.22. The smallest absolute Gasteiger partial charge is 0.168 e. The van der Waals surface area contributed by atoms with Gasteiger partial charge in [-0.25, -0.2) is 0 Å². The maximum Gasteiger partial charge on any atom is 0.168 e. The van der Waals surface area contributed by atoms with Crippen molar-refractivity contribution >= 4 is 11.9 Å². The molecule has 0 aliphatic carbocycles. The van der Waals surface area contributed by atoms with Crippen molar-refractivity contribution in [3.8, 4) is 0 Å². The van der Waals surface area contributed by atoms with Gasteiger partial charge in [0.1, 0.15) is 13.1 Å². The highest BCUT2D eigenvalue weighted by atomic mass is 15.6. The molecule has 3 nitrogen and oxygen atoms in total. The van der Waals surface area contributed by atoms with Crippen LogP contribution in [0.4, 0.5) is 0 Å². The topological polar surface area (TPSA) is 25.2 Å². The molecule has 0 fully saturated rings. The van der Waals surface area contributed by atoms with Gasteiger partial charge in [-0.3, -0.25) is 4.98 Å². The Morgan fingerprint density at radius 3 is 2.40 bits per heavy atom. The van der Waals surface area contributed by atoms with E-state index in [1.165, 1.54) is 11.3 Å². The summed E-state index contributed by atoms with van der Waals surface area (Å²) in [6, 6.07) is 4.08. The minimum atomic E-state index is 0.698. The number of rotatable bonds is 3. The summed E-state index contributed by atoms with van der Waals surface area (Å²) in [6.07, 6.45) is 7.66. The molecule has 2 rings (SSSR count). The summed E-state index contributed by atoms with van der Waals surface area (Å²) in [5.74, 6) is 0. The lowest BCUT2D eigenvalue weighted by molar-refractivity contribution is -0.860. The molecule has 0 aromatic carbocycles. The molecule has 1 aliphatic rings. The van der Waals surface area contributed by atoms with Crippen molar-refractivity contribution in [3.05, 3.63) is 36.2 Å². The Morgan fingerprint density at radius 1 is 1.13 bits per heavy atom. The fourth-order valence-electron chi connectivity index (χ4n) is 2.02. The molecular weight excluding hydrogens is 186 g/mol. The van der Waals surface area contributed by atoms with Gasteiger partial charge in [0.15, 0.2) is 5.70 Å². The van der Waals surface area contributed by atoms with Gasteiger partial charge in [-0.05, 0) is 26.0 Å². The van der Waals surface area contributed by atoms with E-state index in [-0.39, 0.29) is 0 Å². The zero-order chi connectivity index (χ0) is 10.7. The maximum atomic E-state index is 4.56. The monoisotopic (exact) mass is 202 g/mol. The van der Waals surface area contributed by atoms with Crippen LogP contribution in [0.5, 0.6) is 0 Å². The number of hydrogen-bond donors (Lipinski definition) is 0. The zero-order valence-electron chi connectivity index (χ0n) is 9.22. The summed E-state index contributed by atoms with van der Waals surface area (Å²) in [6.45, 7) is 6.31. The van der Waals surface area contributed by atoms with Crippen LogP contribution in [-0.4, -0.2) is 28.9 Å². The molecule has 3 heteroatoms. The summed E-state index contributed by atoms with van der Waals surface area (Å²) >= 11 is 0. The van der Waals surface area contributed by atoms with Crippen LogP contribution in [0.2, 0.25) is 0 Å². The number of nitrogens with zero attached hydrogens (tertiary/aromatic N) is 3. The normalized spacial score (nSPS) is 17.9. The van der Waals surface area contributed by atoms with E-state index >= 15 is 0 Å². The number of pyridine rings is 1. The molecule has 0 unspecified atom stereocenters. The Kier molecular flexibility index (Phi) is 2.64. The highest BCUT2D eigenvalue weighted by Crippen LogP contribution is 2.30. The number of aromatic nitrogens is 1. The van der Waals surface area contributed by atoms with E-state index in [0.29, 0.717) is 4.59 Å². The van der Waals surface area contributed by atoms with Crippen molar-refractivity contribution in [1.29, 1.82) is 0 Å². The van der Waals surface area contributed by atoms with Crippen molar-refractivity contribution in [1.82, 2.24) is 4.98 Å². The van der Waals surface area contributed by atoms with Crippen molar-refractivity contribution in [2.75, 3.05) is 13.1 Å². The summed E-state index contributed by atoms with van der Waals surface area (Å²) in [5, 5.41) is 4.56. The van der Waals surface area contributed by atoms with E-state index in [4.69, 9.17) is 0 Å². The molecule has 0 atom stereocenters. The van der Waals surface area contributed by atoms with Gasteiger partial charge in [0.05, 0.1) is 6.21 Å². The molecule has 1 aliphatic heterocycles. The highest BCUT2D eigenvalue weighted by Gasteiger charge is 2.33. The molecule has 0 N–H and O–H groups in total. The Bertz CT molecular complexity index is 389. The maximum absolute atomic E-state index is 4.56. The number of allylic oxidation sites excluding steroid dienone is 1. The number of hydrogen-bond acceptors (Lipinski definition) is 2. The molecule has 0 saturated heterocycles. The van der Waals surface area contributed by atoms with Gasteiger partial charge >= 0.3 is 0 Å². The molecule has 0 radical (unpaired) electrons. The van der Waals surface area contributed by atoms with Gasteiger partial charge in [0.2, 0.25) is 0 Å². The van der Waals surface area contributed by atoms with Crippen LogP contribution in [0.25, 0.3) is 5.70 Å². The second-order valence-corrected chi connectivity index (χ2v) is 3.61. The molecule has 2 heterocycles. The average Bonchev–Trinajstić information content (AvgIpc) is 2.74. The molecule has 1 aromatic rings. The van der Waals surface area contributed by atoms with Gasteiger partial charge in [-0.15, -0.1) is 0 Å². The fourth-order valence-corrected chi connectivity index (χ4v) is 2.02. The quantitative estimate of drug-likeness (QED) is 0.690. The van der Waals surface area contributed by atoms with E-state index in [9.17, 15) is 0 Å². The van der Waals surface area contributed by atoms with Crippen LogP contribution in [0.1, 0.15) is 19.4 Å². The first-order chi connectivity index (χ1) is 7.32. The molecule has 15 heavy (non-hydrogen) atoms. The number of quaternary nitrogens is 1. The van der Waals surface area contributed by atoms with Crippen LogP contribution in [0, 0.1) is 0 Å². The summed E-state index contributed by atoms with van der Waals surface area (Å²) in [5.41, 5.74) is 2.48. The summed E-state index contributed by atoms with van der Waals surface area (Å²) in [7, 11) is 0. The van der Waals surface area contributed by atoms with Crippen molar-refractivity contribution < 1.29 is 4.59 Å². The predicted octanol–water partition coefficient (Wildman–Crippen LogP) is 2.28. The van der Waals surface area contributed by atoms with Gasteiger partial charge in [0.25, 0.3) is 0 Å². The van der Waals surface area contributed by atoms with E-state index in [1.807, 2.05) is 30.7 Å². The molecule has 78 valence electrons. The lowest BCUT2D eigenvalue weighted by Crippen LogP contribution is -2.38. The SMILES string of the molecule is CC[N+]1(CC)N=CC=C1c1ccncc1. The summed E-state index contributed by atoms with van der Waals surface area (Å²) < 4.78 is 0.698. The minimum Gasteiger partial charge on any atom is -0.265 e. The van der Waals surface area contributed by atoms with Crippen LogP contribution >= 0.6 is 0 Å². The van der Waals surface area contributed by atoms with Crippen molar-refractivity contribution in [2.45, 2.75) is 13.8 Å². The molecule has 0 bridgehead atoms. The van der Waals surface area contributed by atoms with Crippen molar-refractivity contribution in [2.24, 2.45) is 5.10 Å². The van der Waals surface area contributed by atoms with E-state index < -0.39 is 0 Å². The first kappa shape index (κ1) is 10.1. The predicted molar refractivity (Wildman–Crippen MR) is 62.0 cm³/mol. The average molecular weight is 202 g/mol. The van der Waals surface area contributed by atoms with Crippen LogP contribution in [0.3, 0.4) is 0 Å². The van der Waals surface area contributed by atoms with Crippen LogP contribution < -0.4 is 0 Å². The van der Waals surface area contributed by atoms with E-state index in [2.05, 4.69) is 30.0 Å². The molecule has 1 aromatic heterocycles. The first-order valence-electron chi connectivity index (χ1n) is 5.36. The second-order valence-electron chi connectivity index (χ2n) is 3.61. The van der Waals surface area contributed by atoms with Crippen LogP contribution in [-0.2, 0) is 0 Å². The third-order valence-electron chi connectivity index (χ3n) is 2.99. The Balaban J connectivity index is 2.40.